The predicted octanol–water partition coefficient (Wildman–Crippen LogP) is 9.91. The number of carboxylic acids is 1. The molecule has 0 radical (unpaired) electrons. The van der Waals surface area contributed by atoms with Gasteiger partial charge in [0, 0.05) is 5.75 Å². The molecule has 9 heteroatoms. The van der Waals surface area contributed by atoms with Gasteiger partial charge in [-0.05, 0) is 12.8 Å². The number of hydrogen-bond acceptors (Lipinski definition) is 7. The highest BCUT2D eigenvalue weighted by Gasteiger charge is 2.57. The molecule has 1 unspecified atom stereocenters. The summed E-state index contributed by atoms with van der Waals surface area (Å²) >= 11 is 1.03. The molecule has 8 nitrogen and oxygen atoms in total. The minimum atomic E-state index is -1.57. The van der Waals surface area contributed by atoms with E-state index in [0.717, 1.165) is 70.1 Å². The number of aliphatic hydroxyl groups excluding tert-OH is 2. The largest absolute Gasteiger partial charge is 0.477 e. The molecular weight excluding hydrogens is 639 g/mol. The third-order valence-corrected chi connectivity index (χ3v) is 11.0. The number of unbranched alkanes of at least 4 members (excludes halogenated alkanes) is 24. The van der Waals surface area contributed by atoms with Crippen molar-refractivity contribution in [2.45, 2.75) is 213 Å². The maximum Gasteiger partial charge on any atom is 0.365 e. The Kier molecular flexibility index (Phi) is 31.7. The monoisotopic (exact) mass is 715 g/mol. The number of amides is 3. The van der Waals surface area contributed by atoms with Crippen LogP contribution >= 0.6 is 11.8 Å². The van der Waals surface area contributed by atoms with Crippen molar-refractivity contribution in [2.24, 2.45) is 0 Å². The lowest BCUT2D eigenvalue weighted by atomic mass is 10.0. The molecule has 0 aromatic rings. The molecule has 3 N–H and O–H groups in total. The number of carbonyl (C=O) groups excluding carboxylic acids is 3. The number of nitrogens with zero attached hydrogens (tertiary/aromatic N) is 1. The molecule has 0 saturated carbocycles. The average molecular weight is 715 g/mol. The van der Waals surface area contributed by atoms with Gasteiger partial charge in [0.25, 0.3) is 0 Å². The number of carboxylic acid groups (broad SMARTS) is 1. The highest BCUT2D eigenvalue weighted by atomic mass is 32.2. The fourth-order valence-corrected chi connectivity index (χ4v) is 7.82. The number of imide groups is 3. The molecule has 3 amide bonds. The Hall–Kier alpha value is -1.29. The number of thioether (sulfide) groups is 1. The fourth-order valence-electron chi connectivity index (χ4n) is 6.72. The Balaban J connectivity index is 5.03. The van der Waals surface area contributed by atoms with Gasteiger partial charge in [-0.15, -0.1) is 4.48 Å². The zero-order valence-corrected chi connectivity index (χ0v) is 32.7. The number of aliphatic carboxylic acids is 1. The van der Waals surface area contributed by atoms with Crippen LogP contribution < -0.4 is 0 Å². The Morgan fingerprint density at radius 2 is 0.837 bits per heavy atom. The SMILES string of the molecule is CCCCCCCCCCCCCCCC(=O)[N+](C(C)=O)(C(=O)CCCCCCCCCCCCCCC)[C@@H](CSCC(O)CO)C(=O)O. The summed E-state index contributed by atoms with van der Waals surface area (Å²) in [4.78, 5) is 53.6. The number of carbonyl (C=O) groups is 4. The molecule has 0 bridgehead atoms. The molecule has 49 heavy (non-hydrogen) atoms. The van der Waals surface area contributed by atoms with E-state index in [9.17, 15) is 34.5 Å². The minimum absolute atomic E-state index is 0.0185. The lowest BCUT2D eigenvalue weighted by Gasteiger charge is -2.35. The predicted molar refractivity (Wildman–Crippen MR) is 203 cm³/mol. The van der Waals surface area contributed by atoms with Crippen molar-refractivity contribution in [3.8, 4) is 0 Å². The van der Waals surface area contributed by atoms with Crippen molar-refractivity contribution in [1.82, 2.24) is 0 Å². The summed E-state index contributed by atoms with van der Waals surface area (Å²) in [5.74, 6) is -3.55. The van der Waals surface area contributed by atoms with Gasteiger partial charge in [-0.3, -0.25) is 0 Å². The zero-order chi connectivity index (χ0) is 36.6. The smallest absolute Gasteiger partial charge is 0.365 e. The van der Waals surface area contributed by atoms with Gasteiger partial charge in [0.15, 0.2) is 0 Å². The summed E-state index contributed by atoms with van der Waals surface area (Å²) in [5, 5.41) is 29.2. The van der Waals surface area contributed by atoms with E-state index in [4.69, 9.17) is 0 Å². The number of hydrogen-bond donors (Lipinski definition) is 3. The Labute approximate surface area is 304 Å². The average Bonchev–Trinajstić information content (AvgIpc) is 3.08. The molecule has 0 fully saturated rings. The van der Waals surface area contributed by atoms with Crippen molar-refractivity contribution < 1.29 is 39.0 Å². The van der Waals surface area contributed by atoms with Crippen molar-refractivity contribution >= 4 is 35.5 Å². The van der Waals surface area contributed by atoms with Crippen molar-refractivity contribution in [1.29, 1.82) is 0 Å². The Morgan fingerprint density at radius 1 is 0.531 bits per heavy atom. The molecule has 0 aliphatic rings. The van der Waals surface area contributed by atoms with Crippen LogP contribution in [0.4, 0.5) is 0 Å². The molecule has 0 aliphatic carbocycles. The van der Waals surface area contributed by atoms with Crippen molar-refractivity contribution in [3.63, 3.8) is 0 Å². The molecule has 2 atom stereocenters. The zero-order valence-electron chi connectivity index (χ0n) is 31.9. The van der Waals surface area contributed by atoms with Gasteiger partial charge >= 0.3 is 23.7 Å². The van der Waals surface area contributed by atoms with Gasteiger partial charge in [0.05, 0.1) is 38.2 Å². The summed E-state index contributed by atoms with van der Waals surface area (Å²) in [7, 11) is 0. The third-order valence-electron chi connectivity index (χ3n) is 9.82. The van der Waals surface area contributed by atoms with Crippen LogP contribution in [0.25, 0.3) is 0 Å². The molecule has 0 saturated heterocycles. The molecule has 0 aliphatic heterocycles. The first kappa shape index (κ1) is 47.7. The number of aliphatic hydroxyl groups is 2. The highest BCUT2D eigenvalue weighted by molar-refractivity contribution is 7.99. The van der Waals surface area contributed by atoms with Crippen LogP contribution in [0.1, 0.15) is 201 Å². The fraction of sp³-hybridized carbons (Fsp3) is 0.900. The second kappa shape index (κ2) is 32.6. The van der Waals surface area contributed by atoms with Gasteiger partial charge in [-0.2, -0.15) is 11.8 Å². The molecule has 0 aromatic carbocycles. The first-order chi connectivity index (χ1) is 23.7. The van der Waals surface area contributed by atoms with E-state index in [0.29, 0.717) is 12.8 Å². The van der Waals surface area contributed by atoms with Gasteiger partial charge in [0.1, 0.15) is 0 Å². The van der Waals surface area contributed by atoms with Crippen molar-refractivity contribution in [3.05, 3.63) is 0 Å². The van der Waals surface area contributed by atoms with Crippen LogP contribution in [0.15, 0.2) is 0 Å². The minimum Gasteiger partial charge on any atom is -0.477 e. The van der Waals surface area contributed by atoms with E-state index in [2.05, 4.69) is 13.8 Å². The Morgan fingerprint density at radius 3 is 1.10 bits per heavy atom. The van der Waals surface area contributed by atoms with Gasteiger partial charge < -0.3 is 15.3 Å². The summed E-state index contributed by atoms with van der Waals surface area (Å²) in [6.07, 6.45) is 28.6. The second-order valence-corrected chi connectivity index (χ2v) is 15.3. The quantitative estimate of drug-likeness (QED) is 0.0437. The molecule has 288 valence electrons. The summed E-state index contributed by atoms with van der Waals surface area (Å²) < 4.78 is -1.30. The first-order valence-electron chi connectivity index (χ1n) is 20.3. The van der Waals surface area contributed by atoms with Crippen LogP contribution in [0.3, 0.4) is 0 Å². The third kappa shape index (κ3) is 22.3. The topological polar surface area (TPSA) is 129 Å². The molecule has 0 heterocycles. The normalized spacial score (nSPS) is 13.0. The van der Waals surface area contributed by atoms with Gasteiger partial charge in [-0.25, -0.2) is 19.2 Å². The highest BCUT2D eigenvalue weighted by Crippen LogP contribution is 2.27. The number of quaternary nitrogens is 1. The van der Waals surface area contributed by atoms with E-state index < -0.39 is 46.9 Å². The van der Waals surface area contributed by atoms with Crippen LogP contribution in [0.2, 0.25) is 0 Å². The maximum atomic E-state index is 13.9. The van der Waals surface area contributed by atoms with E-state index in [1.807, 2.05) is 0 Å². The summed E-state index contributed by atoms with van der Waals surface area (Å²) in [6, 6.07) is -1.57. The van der Waals surface area contributed by atoms with Gasteiger partial charge in [0.2, 0.25) is 6.04 Å². The van der Waals surface area contributed by atoms with Crippen LogP contribution in [0.5, 0.6) is 0 Å². The van der Waals surface area contributed by atoms with Crippen LogP contribution in [-0.4, -0.2) is 73.8 Å². The van der Waals surface area contributed by atoms with E-state index in [-0.39, 0.29) is 24.3 Å². The molecule has 0 rings (SSSR count). The molecule has 0 aromatic heterocycles. The van der Waals surface area contributed by atoms with E-state index >= 15 is 0 Å². The van der Waals surface area contributed by atoms with Crippen LogP contribution in [-0.2, 0) is 19.2 Å². The number of rotatable bonds is 35. The lowest BCUT2D eigenvalue weighted by molar-refractivity contribution is -0.719. The second-order valence-electron chi connectivity index (χ2n) is 14.2. The Bertz CT molecular complexity index is 810. The maximum absolute atomic E-state index is 13.9. The standard InChI is InChI=1S/C40H75NO7S/c1-4-6-8-10-12-14-16-18-20-22-24-26-28-30-38(45)41(35(3)43,37(40(47)48)34-49-33-36(44)32-42)39(46)31-29-27-25-23-21-19-17-15-13-11-9-7-5-2/h36-37,42,44H,4-34H2,1-3H3/p+1/t36?,37-/m0/s1. The van der Waals surface area contributed by atoms with Crippen molar-refractivity contribution in [2.75, 3.05) is 18.1 Å². The van der Waals surface area contributed by atoms with Gasteiger partial charge in [-0.1, -0.05) is 168 Å². The lowest BCUT2D eigenvalue weighted by Crippen LogP contribution is -2.68. The first-order valence-corrected chi connectivity index (χ1v) is 21.4. The molecule has 0 spiro atoms. The van der Waals surface area contributed by atoms with E-state index in [1.165, 1.54) is 103 Å². The summed E-state index contributed by atoms with van der Waals surface area (Å²) in [6.45, 7) is 5.15. The van der Waals surface area contributed by atoms with E-state index in [1.54, 1.807) is 0 Å². The van der Waals surface area contributed by atoms with Crippen LogP contribution in [0, 0.1) is 0 Å². The molecular formula is C40H76NO7S+. The summed E-state index contributed by atoms with van der Waals surface area (Å²) in [5.41, 5.74) is 0.